The van der Waals surface area contributed by atoms with Crippen molar-refractivity contribution in [3.63, 3.8) is 0 Å². The van der Waals surface area contributed by atoms with Crippen molar-refractivity contribution in [2.45, 2.75) is 296 Å². The summed E-state index contributed by atoms with van der Waals surface area (Å²) in [5.41, 5.74) is 21.6. The third-order valence-corrected chi connectivity index (χ3v) is 31.8. The number of aliphatic hydroxyl groups excluding tert-OH is 4. The molecule has 13 heterocycles. The average molecular weight is 2080 g/mol. The molecule has 9 unspecified atom stereocenters. The predicted molar refractivity (Wildman–Crippen MR) is 535 cm³/mol. The van der Waals surface area contributed by atoms with Crippen LogP contribution in [0.25, 0.3) is 0 Å². The van der Waals surface area contributed by atoms with Gasteiger partial charge in [0.1, 0.15) is 146 Å². The lowest BCUT2D eigenvalue weighted by Gasteiger charge is -2.39. The smallest absolute Gasteiger partial charge is 0.413 e. The fourth-order valence-electron chi connectivity index (χ4n) is 18.4. The number of pyridine rings is 5. The van der Waals surface area contributed by atoms with E-state index in [0.717, 1.165) is 88.3 Å². The minimum atomic E-state index is -1.75. The molecule has 752 valence electrons. The monoisotopic (exact) mass is 2080 g/mol. The molecule has 9 aromatic rings. The molecule has 9 aliphatic rings. The highest BCUT2D eigenvalue weighted by molar-refractivity contribution is 9.10. The number of nitrogens with two attached hydrogens (primary N) is 4. The summed E-state index contributed by atoms with van der Waals surface area (Å²) in [5.74, 6) is 0.856. The van der Waals surface area contributed by atoms with E-state index in [1.54, 1.807) is 91.8 Å². The van der Waals surface area contributed by atoms with Crippen molar-refractivity contribution in [2.75, 3.05) is 38.5 Å². The molecular weight excluding hydrogens is 1960 g/mol. The van der Waals surface area contributed by atoms with Gasteiger partial charge in [-0.25, -0.2) is 44.7 Å². The molecule has 6 amide bonds. The highest BCUT2D eigenvalue weighted by Gasteiger charge is 2.55. The molecule has 18 rings (SSSR count). The number of halogens is 2. The molecule has 9 atom stereocenters. The lowest BCUT2D eigenvalue weighted by Crippen LogP contribution is -2.57. The van der Waals surface area contributed by atoms with Crippen LogP contribution in [0.2, 0.25) is 18.1 Å². The zero-order valence-electron chi connectivity index (χ0n) is 80.0. The topological polar surface area (TPSA) is 643 Å². The maximum atomic E-state index is 13.2. The fourth-order valence-corrected chi connectivity index (χ4v) is 20.7. The number of ketones is 1. The molecule has 5 aliphatic carbocycles. The van der Waals surface area contributed by atoms with Gasteiger partial charge in [-0.15, -0.1) is 0 Å². The SMILES string of the molecule is C.CC(C)(C)OC(=O)Nc1cc(N)ncn1.CC(C)(C)[Si](C)(C)OC1CCCCC1=O.Cc1cc(Br)c(=O)[nH]c1C(N)=O.Cc1cc(Br)c(=O)n2c1C(=O)NC21CCCCC1O.Cc1cc(Nc2cc(C)c3n(c2=O)C2(CCCCC2O)NC3=O)ncn1.Cc1cc(Nc2cc(N)ncn2)c(=O)n2c1C(=O)NC21CCCCC1O.Cc1cc(Nc2cc(N)ncn2)c(=O)n2c1C(=O)NC21CCCCC1O. The van der Waals surface area contributed by atoms with Crippen molar-refractivity contribution in [1.82, 2.24) is 84.4 Å². The van der Waals surface area contributed by atoms with Gasteiger partial charge in [0.25, 0.3) is 57.3 Å². The van der Waals surface area contributed by atoms with E-state index in [2.05, 4.69) is 153 Å². The number of aliphatic hydroxyl groups is 4. The second-order valence-corrected chi connectivity index (χ2v) is 44.9. The minimum Gasteiger partial charge on any atom is -0.444 e. The number of aryl methyl sites for hydroxylation is 6. The Morgan fingerprint density at radius 1 is 0.443 bits per heavy atom. The van der Waals surface area contributed by atoms with Crippen molar-refractivity contribution >= 4 is 139 Å². The number of Topliss-reactive ketones (excluding diaryl/α,β-unsaturated/α-hetero) is 1. The number of anilines is 10. The molecule has 43 nitrogen and oxygen atoms in total. The Labute approximate surface area is 824 Å². The number of primary amides is 1. The molecule has 9 aromatic heterocycles. The molecule has 4 aliphatic heterocycles. The first-order chi connectivity index (χ1) is 65.4. The van der Waals surface area contributed by atoms with Gasteiger partial charge in [0.2, 0.25) is 0 Å². The van der Waals surface area contributed by atoms with Gasteiger partial charge in [-0.2, -0.15) is 0 Å². The highest BCUT2D eigenvalue weighted by atomic mass is 79.9. The van der Waals surface area contributed by atoms with Gasteiger partial charge in [0, 0.05) is 36.4 Å². The van der Waals surface area contributed by atoms with Gasteiger partial charge < -0.3 is 94.7 Å². The highest BCUT2D eigenvalue weighted by Crippen LogP contribution is 2.44. The molecule has 140 heavy (non-hydrogen) atoms. The first-order valence-electron chi connectivity index (χ1n) is 45.8. The first-order valence-corrected chi connectivity index (χ1v) is 50.3. The zero-order chi connectivity index (χ0) is 102. The van der Waals surface area contributed by atoms with E-state index in [1.807, 2.05) is 6.92 Å². The van der Waals surface area contributed by atoms with Crippen molar-refractivity contribution in [1.29, 1.82) is 0 Å². The Hall–Kier alpha value is -12.9. The van der Waals surface area contributed by atoms with E-state index in [0.29, 0.717) is 140 Å². The summed E-state index contributed by atoms with van der Waals surface area (Å²) in [4.78, 5) is 180. The van der Waals surface area contributed by atoms with Gasteiger partial charge in [0.15, 0.2) is 14.1 Å². The van der Waals surface area contributed by atoms with Crippen molar-refractivity contribution < 1.29 is 63.2 Å². The molecule has 46 heteroatoms. The molecule has 4 spiro atoms. The maximum Gasteiger partial charge on any atom is 0.413 e. The number of hydrogen-bond donors (Lipinski definition) is 17. The zero-order valence-corrected chi connectivity index (χ0v) is 84.1. The van der Waals surface area contributed by atoms with Crippen LogP contribution in [-0.4, -0.2) is 169 Å². The number of rotatable bonds is 10. The van der Waals surface area contributed by atoms with E-state index < -0.39 is 73.0 Å². The van der Waals surface area contributed by atoms with Crippen LogP contribution < -0.4 is 93.3 Å². The van der Waals surface area contributed by atoms with Gasteiger partial charge in [-0.1, -0.05) is 60.3 Å². The lowest BCUT2D eigenvalue weighted by molar-refractivity contribution is -0.128. The average Bonchev–Trinajstić information content (AvgIpc) is 1.58. The summed E-state index contributed by atoms with van der Waals surface area (Å²) in [6, 6.07) is 14.3. The van der Waals surface area contributed by atoms with Crippen molar-refractivity contribution in [3.8, 4) is 0 Å². The van der Waals surface area contributed by atoms with Crippen LogP contribution in [0.3, 0.4) is 0 Å². The van der Waals surface area contributed by atoms with Crippen LogP contribution in [0.5, 0.6) is 0 Å². The molecule has 5 saturated carbocycles. The van der Waals surface area contributed by atoms with Crippen LogP contribution in [-0.2, 0) is 36.6 Å². The second kappa shape index (κ2) is 43.5. The summed E-state index contributed by atoms with van der Waals surface area (Å²) >= 11 is 6.27. The van der Waals surface area contributed by atoms with E-state index in [4.69, 9.17) is 32.1 Å². The van der Waals surface area contributed by atoms with Crippen LogP contribution in [0, 0.1) is 41.5 Å². The Bertz CT molecular complexity index is 6210. The standard InChI is InChI=1S/C18H21N5O3.2C17H20N6O3.C13H15BrN2O3.C12H24O2Si.C9H14N4O2.C7H7BrN2O2.CH4/c1-10-7-12(21-14-8-11(2)19-9-20-14)17(26)23-15(10)16(25)22-18(23)6-4-3-5-13(18)24;2*1-9-6-10(21-13-7-12(18)19-8-20-13)16(26)23-14(9)15(25)22-17(23)5-3-2-4-11(17)24;1-7-6-8(14)12(19)16-10(7)11(18)15-13(16)5-3-2-4-9(13)17;1-12(2,3)15(4,5)14-11-9-7-6-8-10(11)13;1-9(2,3)15-8(14)13-7-4-6(10)11-5-12-7;1-3-2-4(8)7(12)10-5(3)6(9)11;/h7-9,13,24H,3-6H2,1-2H3,(H,22,25)(H,19,20,21);2*6-8,11,24H,2-5H2,1H3,(H,22,25)(H3,18,19,20,21);6,9,17H,2-5H2,1H3,(H,15,18);11H,6-9H2,1-5H3;4-5H,1-3H3,(H3,10,11,12,13,14);2H,1H3,(H2,9,11)(H,10,12);1H4. The van der Waals surface area contributed by atoms with E-state index in [1.165, 1.54) is 61.8 Å². The van der Waals surface area contributed by atoms with E-state index >= 15 is 0 Å². The van der Waals surface area contributed by atoms with Gasteiger partial charge in [0.05, 0.1) is 33.4 Å². The summed E-state index contributed by atoms with van der Waals surface area (Å²) in [5, 5.41) is 65.3. The number of nitrogen functional groups attached to an aromatic ring is 3. The Balaban J connectivity index is 0.000000159. The summed E-state index contributed by atoms with van der Waals surface area (Å²) in [6.45, 7) is 27.1. The number of H-pyrrole nitrogens is 1. The van der Waals surface area contributed by atoms with Gasteiger partial charge >= 0.3 is 6.09 Å². The Kier molecular flexibility index (Phi) is 33.4. The number of nitrogens with zero attached hydrogens (tertiary/aromatic N) is 12. The quantitative estimate of drug-likeness (QED) is 0.0566. The molecule has 0 radical (unpaired) electrons. The number of nitrogens with one attached hydrogen (secondary N) is 9. The summed E-state index contributed by atoms with van der Waals surface area (Å²) in [6.07, 6.45) is 16.5. The van der Waals surface area contributed by atoms with Crippen molar-refractivity contribution in [3.05, 3.63) is 203 Å². The van der Waals surface area contributed by atoms with Crippen LogP contribution >= 0.6 is 31.9 Å². The number of amides is 6. The summed E-state index contributed by atoms with van der Waals surface area (Å²) < 4.78 is 17.7. The molecule has 0 aromatic carbocycles. The normalized spacial score (nSPS) is 22.2. The third kappa shape index (κ3) is 23.1. The largest absolute Gasteiger partial charge is 0.444 e. The van der Waals surface area contributed by atoms with Crippen LogP contribution in [0.15, 0.2) is 113 Å². The number of hydrogen-bond acceptors (Lipinski definition) is 32. The lowest BCUT2D eigenvalue weighted by atomic mass is 9.86. The Morgan fingerprint density at radius 2 is 0.771 bits per heavy atom. The second-order valence-electron chi connectivity index (χ2n) is 38.4. The van der Waals surface area contributed by atoms with Crippen molar-refractivity contribution in [2.24, 2.45) is 5.73 Å². The first kappa shape index (κ1) is 108. The predicted octanol–water partition coefficient (Wildman–Crippen LogP) is 9.89. The number of carbonyl (C=O) groups excluding carboxylic acids is 7. The maximum absolute atomic E-state index is 13.2. The van der Waals surface area contributed by atoms with Crippen LogP contribution in [0.1, 0.15) is 263 Å². The number of aromatic amines is 1. The Morgan fingerprint density at radius 3 is 1.11 bits per heavy atom. The van der Waals surface area contributed by atoms with Gasteiger partial charge in [-0.3, -0.25) is 76.3 Å². The molecule has 5 fully saturated rings. The molecular formula is C94H125Br2N25O18Si. The summed E-state index contributed by atoms with van der Waals surface area (Å²) in [7, 11) is -1.75. The molecule has 0 saturated heterocycles. The number of aromatic nitrogens is 13. The number of ether oxygens (including phenoxy) is 1. The van der Waals surface area contributed by atoms with Gasteiger partial charge in [-0.05, 0) is 260 Å². The van der Waals surface area contributed by atoms with E-state index in [9.17, 15) is 78.0 Å². The van der Waals surface area contributed by atoms with Crippen LogP contribution in [0.4, 0.5) is 62.6 Å². The third-order valence-electron chi connectivity index (χ3n) is 26.1. The fraction of sp³-hybridized carbons (Fsp3) is 0.489. The minimum absolute atomic E-state index is 0. The molecule has 21 N–H and O–H groups in total. The number of fused-ring (bicyclic) bond motifs is 8. The van der Waals surface area contributed by atoms with E-state index in [-0.39, 0.29) is 105 Å². The molecule has 0 bridgehead atoms. The number of carbonyl (C=O) groups is 7.